The Hall–Kier alpha value is -3.29. The summed E-state index contributed by atoms with van der Waals surface area (Å²) in [6.07, 6.45) is 4.81. The zero-order valence-electron chi connectivity index (χ0n) is 22.1. The number of nitrogens with one attached hydrogen (secondary N) is 3. The van der Waals surface area contributed by atoms with Gasteiger partial charge in [-0.05, 0) is 36.1 Å². The molecule has 0 radical (unpaired) electrons. The number of nitrogens with zero attached hydrogens (tertiary/aromatic N) is 2. The monoisotopic (exact) mass is 569 g/mol. The van der Waals surface area contributed by atoms with Crippen LogP contribution in [-0.2, 0) is 25.7 Å². The van der Waals surface area contributed by atoms with E-state index in [4.69, 9.17) is 14.7 Å². The summed E-state index contributed by atoms with van der Waals surface area (Å²) in [5, 5.41) is 28.4. The van der Waals surface area contributed by atoms with Gasteiger partial charge in [-0.15, -0.1) is 0 Å². The van der Waals surface area contributed by atoms with E-state index in [1.807, 2.05) is 48.5 Å². The highest BCUT2D eigenvalue weighted by Crippen LogP contribution is 2.39. The van der Waals surface area contributed by atoms with E-state index < -0.39 is 12.2 Å². The third-order valence-corrected chi connectivity index (χ3v) is 7.55. The van der Waals surface area contributed by atoms with Gasteiger partial charge in [-0.25, -0.2) is 10.5 Å². The Morgan fingerprint density at radius 2 is 1.77 bits per heavy atom. The van der Waals surface area contributed by atoms with Crippen molar-refractivity contribution in [3.8, 4) is 0 Å². The zero-order chi connectivity index (χ0) is 28.2. The van der Waals surface area contributed by atoms with Crippen molar-refractivity contribution >= 4 is 29.3 Å². The summed E-state index contributed by atoms with van der Waals surface area (Å²) in [4.78, 5) is 27.8. The van der Waals surface area contributed by atoms with Crippen LogP contribution in [0.2, 0.25) is 0 Å². The van der Waals surface area contributed by atoms with E-state index in [1.165, 1.54) is 18.1 Å². The van der Waals surface area contributed by atoms with E-state index in [0.717, 1.165) is 34.7 Å². The Bertz CT molecular complexity index is 1210. The van der Waals surface area contributed by atoms with Crippen LogP contribution in [0.25, 0.3) is 0 Å². The lowest BCUT2D eigenvalue weighted by Gasteiger charge is -2.36. The third-order valence-electron chi connectivity index (χ3n) is 6.54. The molecule has 1 aliphatic rings. The molecule has 0 spiro atoms. The lowest BCUT2D eigenvalue weighted by Crippen LogP contribution is -2.31. The number of benzene rings is 2. The smallest absolute Gasteiger partial charge is 0.243 e. The first-order valence-corrected chi connectivity index (χ1v) is 14.3. The van der Waals surface area contributed by atoms with Crippen LogP contribution in [0.1, 0.15) is 74.0 Å². The van der Waals surface area contributed by atoms with Crippen LogP contribution in [0.5, 0.6) is 0 Å². The number of aromatic nitrogens is 3. The maximum atomic E-state index is 12.5. The number of aromatic amines is 1. The molecule has 0 saturated carbocycles. The number of hydroxylamine groups is 1. The number of carbonyl (C=O) groups excluding carboxylic acids is 2. The van der Waals surface area contributed by atoms with Crippen molar-refractivity contribution in [2.75, 3.05) is 11.1 Å². The van der Waals surface area contributed by atoms with Crippen LogP contribution in [-0.4, -0.2) is 49.2 Å². The normalized spacial score (nSPS) is 18.8. The van der Waals surface area contributed by atoms with Crippen molar-refractivity contribution in [1.29, 1.82) is 0 Å². The molecule has 1 aromatic heterocycles. The SMILES string of the molecule is O=C(CCCCCCC(=O)Nc1cccc([C@H]2O[C@@H](CSc3ncn[nH]3)C[C@@H](c3ccc(CO)cc3)O2)c1)NO. The number of rotatable bonds is 14. The first kappa shape index (κ1) is 29.7. The number of aliphatic hydroxyl groups excluding tert-OH is 1. The Balaban J connectivity index is 1.36. The number of unbranched alkanes of at least 4 members (excludes halogenated alkanes) is 3. The molecule has 12 heteroatoms. The van der Waals surface area contributed by atoms with Crippen molar-refractivity contribution in [2.45, 2.75) is 75.2 Å². The molecule has 214 valence electrons. The zero-order valence-corrected chi connectivity index (χ0v) is 22.9. The van der Waals surface area contributed by atoms with Gasteiger partial charge in [0.05, 0.1) is 18.8 Å². The maximum Gasteiger partial charge on any atom is 0.243 e. The standard InChI is InChI=1S/C28H35N5O6S/c34-16-19-10-12-20(13-11-19)24-15-23(17-40-28-29-18-30-32-28)38-27(39-24)21-6-5-7-22(14-21)31-25(35)8-3-1-2-4-9-26(36)33-37/h5-7,10-14,18,23-24,27,34,37H,1-4,8-9,15-17H2,(H,31,35)(H,33,36)(H,29,30,32)/t23-,24+,27+/m1/s1. The summed E-state index contributed by atoms with van der Waals surface area (Å²) in [6.45, 7) is -0.0180. The molecule has 1 aliphatic heterocycles. The van der Waals surface area contributed by atoms with Gasteiger partial charge in [0.15, 0.2) is 11.4 Å². The Kier molecular flexibility index (Phi) is 11.5. The number of aliphatic hydroxyl groups is 1. The first-order chi connectivity index (χ1) is 19.5. The minimum absolute atomic E-state index is 0.0180. The molecular weight excluding hydrogens is 534 g/mol. The third kappa shape index (κ3) is 9.14. The summed E-state index contributed by atoms with van der Waals surface area (Å²) >= 11 is 1.53. The molecule has 1 saturated heterocycles. The summed E-state index contributed by atoms with van der Waals surface area (Å²) in [5.74, 6) is 0.176. The van der Waals surface area contributed by atoms with Gasteiger partial charge >= 0.3 is 0 Å². The van der Waals surface area contributed by atoms with E-state index in [9.17, 15) is 14.7 Å². The number of thioether (sulfide) groups is 1. The van der Waals surface area contributed by atoms with E-state index in [-0.39, 0.29) is 31.1 Å². The summed E-state index contributed by atoms with van der Waals surface area (Å²) in [7, 11) is 0. The predicted molar refractivity (Wildman–Crippen MR) is 148 cm³/mol. The van der Waals surface area contributed by atoms with Crippen molar-refractivity contribution in [3.63, 3.8) is 0 Å². The molecular formula is C28H35N5O6S. The number of hydrogen-bond acceptors (Lipinski definition) is 9. The highest BCUT2D eigenvalue weighted by molar-refractivity contribution is 7.99. The number of carbonyl (C=O) groups is 2. The van der Waals surface area contributed by atoms with E-state index >= 15 is 0 Å². The summed E-state index contributed by atoms with van der Waals surface area (Å²) in [6, 6.07) is 15.2. The van der Waals surface area contributed by atoms with Crippen LogP contribution in [0.15, 0.2) is 60.0 Å². The van der Waals surface area contributed by atoms with Crippen LogP contribution in [0, 0.1) is 0 Å². The molecule has 1 fully saturated rings. The van der Waals surface area contributed by atoms with Crippen LogP contribution < -0.4 is 10.8 Å². The molecule has 3 atom stereocenters. The fourth-order valence-corrected chi connectivity index (χ4v) is 5.22. The van der Waals surface area contributed by atoms with E-state index in [2.05, 4.69) is 20.5 Å². The number of amides is 2. The molecule has 4 rings (SSSR count). The second-order valence-electron chi connectivity index (χ2n) is 9.57. The Morgan fingerprint density at radius 3 is 2.48 bits per heavy atom. The fraction of sp³-hybridized carbons (Fsp3) is 0.429. The quantitative estimate of drug-likeness (QED) is 0.0820. The Labute approximate surface area is 237 Å². The van der Waals surface area contributed by atoms with Gasteiger partial charge in [-0.2, -0.15) is 5.10 Å². The van der Waals surface area contributed by atoms with Gasteiger partial charge in [0.2, 0.25) is 11.8 Å². The largest absolute Gasteiger partial charge is 0.392 e. The van der Waals surface area contributed by atoms with Crippen LogP contribution >= 0.6 is 11.8 Å². The molecule has 0 bridgehead atoms. The van der Waals surface area contributed by atoms with Crippen LogP contribution in [0.3, 0.4) is 0 Å². The molecule has 2 amide bonds. The van der Waals surface area contributed by atoms with E-state index in [0.29, 0.717) is 37.1 Å². The average Bonchev–Trinajstić information content (AvgIpc) is 3.51. The second kappa shape index (κ2) is 15.5. The highest BCUT2D eigenvalue weighted by atomic mass is 32.2. The maximum absolute atomic E-state index is 12.5. The minimum atomic E-state index is -0.635. The Morgan fingerprint density at radius 1 is 1.00 bits per heavy atom. The molecule has 0 aliphatic carbocycles. The van der Waals surface area contributed by atoms with E-state index in [1.54, 1.807) is 5.48 Å². The molecule has 2 aromatic carbocycles. The van der Waals surface area contributed by atoms with Gasteiger partial charge in [-0.3, -0.25) is 19.9 Å². The average molecular weight is 570 g/mol. The number of hydrogen-bond donors (Lipinski definition) is 5. The molecule has 3 aromatic rings. The van der Waals surface area contributed by atoms with Crippen molar-refractivity contribution < 1.29 is 29.4 Å². The molecule has 0 unspecified atom stereocenters. The number of H-pyrrole nitrogens is 1. The van der Waals surface area contributed by atoms with Gasteiger partial charge in [-0.1, -0.05) is 61.0 Å². The second-order valence-corrected chi connectivity index (χ2v) is 10.6. The highest BCUT2D eigenvalue weighted by Gasteiger charge is 2.32. The lowest BCUT2D eigenvalue weighted by molar-refractivity contribution is -0.245. The molecule has 2 heterocycles. The first-order valence-electron chi connectivity index (χ1n) is 13.4. The number of anilines is 1. The van der Waals surface area contributed by atoms with Crippen molar-refractivity contribution in [1.82, 2.24) is 20.7 Å². The minimum Gasteiger partial charge on any atom is -0.392 e. The van der Waals surface area contributed by atoms with Gasteiger partial charge in [0.1, 0.15) is 6.33 Å². The van der Waals surface area contributed by atoms with Crippen LogP contribution in [0.4, 0.5) is 5.69 Å². The van der Waals surface area contributed by atoms with Gasteiger partial charge < -0.3 is 19.9 Å². The fourth-order valence-electron chi connectivity index (χ4n) is 4.43. The number of ether oxygens (including phenoxy) is 2. The molecule has 40 heavy (non-hydrogen) atoms. The van der Waals surface area contributed by atoms with Crippen molar-refractivity contribution in [2.24, 2.45) is 0 Å². The molecule has 11 nitrogen and oxygen atoms in total. The topological polar surface area (TPSA) is 159 Å². The summed E-state index contributed by atoms with van der Waals surface area (Å²) in [5.41, 5.74) is 4.92. The van der Waals surface area contributed by atoms with Crippen molar-refractivity contribution in [3.05, 3.63) is 71.5 Å². The predicted octanol–water partition coefficient (Wildman–Crippen LogP) is 4.42. The van der Waals surface area contributed by atoms with Gasteiger partial charge in [0, 0.05) is 36.3 Å². The summed E-state index contributed by atoms with van der Waals surface area (Å²) < 4.78 is 12.8. The van der Waals surface area contributed by atoms with Gasteiger partial charge in [0.25, 0.3) is 0 Å². The molecule has 5 N–H and O–H groups in total. The lowest BCUT2D eigenvalue weighted by atomic mass is 10.0.